The number of nitrogens with zero attached hydrogens (tertiary/aromatic N) is 1. The Morgan fingerprint density at radius 1 is 1.12 bits per heavy atom. The van der Waals surface area contributed by atoms with Crippen LogP contribution in [0.15, 0.2) is 56.3 Å². The van der Waals surface area contributed by atoms with Crippen LogP contribution in [0, 0.1) is 0 Å². The molecule has 128 valence electrons. The van der Waals surface area contributed by atoms with Gasteiger partial charge in [0, 0.05) is 11.5 Å². The summed E-state index contributed by atoms with van der Waals surface area (Å²) in [5, 5.41) is -0.259. The van der Waals surface area contributed by atoms with Crippen molar-refractivity contribution >= 4 is 60.8 Å². The van der Waals surface area contributed by atoms with E-state index >= 15 is 0 Å². The summed E-state index contributed by atoms with van der Waals surface area (Å²) in [4.78, 5) is 25.0. The van der Waals surface area contributed by atoms with E-state index in [1.807, 2.05) is 42.5 Å². The van der Waals surface area contributed by atoms with Crippen molar-refractivity contribution in [3.05, 3.63) is 67.4 Å². The summed E-state index contributed by atoms with van der Waals surface area (Å²) in [5.41, 5.74) is 1.89. The second kappa shape index (κ2) is 7.76. The lowest BCUT2D eigenvalue weighted by atomic mass is 10.2. The van der Waals surface area contributed by atoms with Crippen molar-refractivity contribution in [3.63, 3.8) is 0 Å². The third-order valence-electron chi connectivity index (χ3n) is 3.55. The van der Waals surface area contributed by atoms with E-state index in [0.29, 0.717) is 17.3 Å². The Bertz CT molecular complexity index is 865. The molecule has 25 heavy (non-hydrogen) atoms. The zero-order chi connectivity index (χ0) is 18.0. The van der Waals surface area contributed by atoms with Crippen LogP contribution in [0.25, 0.3) is 6.08 Å². The highest BCUT2D eigenvalue weighted by Gasteiger charge is 2.31. The number of ether oxygens (including phenoxy) is 1. The van der Waals surface area contributed by atoms with E-state index in [0.717, 1.165) is 36.7 Å². The Kier molecular flexibility index (Phi) is 5.66. The van der Waals surface area contributed by atoms with E-state index in [1.165, 1.54) is 7.05 Å². The molecule has 1 heterocycles. The van der Waals surface area contributed by atoms with Crippen molar-refractivity contribution < 1.29 is 14.3 Å². The van der Waals surface area contributed by atoms with Crippen LogP contribution in [-0.2, 0) is 11.4 Å². The molecule has 1 aliphatic rings. The number of benzene rings is 2. The van der Waals surface area contributed by atoms with Crippen LogP contribution in [0.4, 0.5) is 4.79 Å². The van der Waals surface area contributed by atoms with Crippen molar-refractivity contribution in [1.82, 2.24) is 4.90 Å². The average molecular weight is 483 g/mol. The van der Waals surface area contributed by atoms with Crippen LogP contribution in [-0.4, -0.2) is 23.1 Å². The van der Waals surface area contributed by atoms with E-state index in [1.54, 1.807) is 6.08 Å². The average Bonchev–Trinajstić information content (AvgIpc) is 2.83. The first kappa shape index (κ1) is 18.2. The van der Waals surface area contributed by atoms with Gasteiger partial charge in [0.2, 0.25) is 0 Å². The first-order valence-electron chi connectivity index (χ1n) is 7.32. The number of imide groups is 1. The van der Waals surface area contributed by atoms with Gasteiger partial charge < -0.3 is 4.74 Å². The van der Waals surface area contributed by atoms with Crippen molar-refractivity contribution in [1.29, 1.82) is 0 Å². The Labute approximate surface area is 166 Å². The Morgan fingerprint density at radius 2 is 1.84 bits per heavy atom. The first-order valence-corrected chi connectivity index (χ1v) is 9.72. The van der Waals surface area contributed by atoms with Gasteiger partial charge in [0.1, 0.15) is 12.4 Å². The van der Waals surface area contributed by atoms with E-state index in [9.17, 15) is 9.59 Å². The van der Waals surface area contributed by atoms with Crippen LogP contribution < -0.4 is 4.74 Å². The zero-order valence-corrected chi connectivity index (χ0v) is 17.2. The van der Waals surface area contributed by atoms with Gasteiger partial charge >= 0.3 is 0 Å². The highest BCUT2D eigenvalue weighted by atomic mass is 79.9. The van der Waals surface area contributed by atoms with Crippen molar-refractivity contribution in [2.45, 2.75) is 6.61 Å². The number of carbonyl (C=O) groups excluding carboxylic acids is 2. The molecule has 4 nitrogen and oxygen atoms in total. The molecule has 1 aliphatic heterocycles. The standard InChI is InChI=1S/C18H13Br2NO3S/c1-21-17(22)16(25-18(21)23)9-12-4-7-15(14(20)8-12)24-10-11-2-5-13(19)6-3-11/h2-9H,10H2,1H3/b16-9-. The van der Waals surface area contributed by atoms with Crippen LogP contribution in [0.2, 0.25) is 0 Å². The fourth-order valence-electron chi connectivity index (χ4n) is 2.16. The van der Waals surface area contributed by atoms with E-state index in [2.05, 4.69) is 31.9 Å². The quantitative estimate of drug-likeness (QED) is 0.543. The second-order valence-corrected chi connectivity index (χ2v) is 8.11. The predicted octanol–water partition coefficient (Wildman–Crippen LogP) is 5.46. The van der Waals surface area contributed by atoms with Crippen LogP contribution in [0.5, 0.6) is 5.75 Å². The third kappa shape index (κ3) is 4.34. The molecule has 0 aromatic heterocycles. The van der Waals surface area contributed by atoms with Gasteiger partial charge in [0.15, 0.2) is 0 Å². The minimum atomic E-state index is -0.276. The molecule has 3 rings (SSSR count). The highest BCUT2D eigenvalue weighted by Crippen LogP contribution is 2.33. The molecule has 0 unspecified atom stereocenters. The molecule has 0 radical (unpaired) electrons. The molecule has 1 saturated heterocycles. The molecular formula is C18H13Br2NO3S. The largest absolute Gasteiger partial charge is 0.488 e. The minimum absolute atomic E-state index is 0.259. The lowest BCUT2D eigenvalue weighted by Gasteiger charge is -2.09. The van der Waals surface area contributed by atoms with Crippen molar-refractivity contribution in [2.75, 3.05) is 7.05 Å². The summed E-state index contributed by atoms with van der Waals surface area (Å²) in [6.07, 6.45) is 1.71. The first-order chi connectivity index (χ1) is 11.9. The van der Waals surface area contributed by atoms with Crippen LogP contribution in [0.1, 0.15) is 11.1 Å². The van der Waals surface area contributed by atoms with Crippen molar-refractivity contribution in [2.24, 2.45) is 0 Å². The van der Waals surface area contributed by atoms with E-state index < -0.39 is 0 Å². The molecule has 0 atom stereocenters. The Balaban J connectivity index is 1.72. The maximum atomic E-state index is 11.9. The number of thioether (sulfide) groups is 1. The minimum Gasteiger partial charge on any atom is -0.488 e. The summed E-state index contributed by atoms with van der Waals surface area (Å²) in [6, 6.07) is 13.5. The third-order valence-corrected chi connectivity index (χ3v) is 5.66. The number of hydrogen-bond donors (Lipinski definition) is 0. The Morgan fingerprint density at radius 3 is 2.44 bits per heavy atom. The van der Waals surface area contributed by atoms with E-state index in [4.69, 9.17) is 4.74 Å². The fraction of sp³-hybridized carbons (Fsp3) is 0.111. The molecule has 7 heteroatoms. The molecular weight excluding hydrogens is 470 g/mol. The molecule has 0 spiro atoms. The van der Waals surface area contributed by atoms with Gasteiger partial charge in [-0.3, -0.25) is 14.5 Å². The smallest absolute Gasteiger partial charge is 0.293 e. The highest BCUT2D eigenvalue weighted by molar-refractivity contribution is 9.10. The number of halogens is 2. The van der Waals surface area contributed by atoms with Gasteiger partial charge in [-0.05, 0) is 69.2 Å². The zero-order valence-electron chi connectivity index (χ0n) is 13.2. The SMILES string of the molecule is CN1C(=O)S/C(=C\c2ccc(OCc3ccc(Br)cc3)c(Br)c2)C1=O. The van der Waals surface area contributed by atoms with Gasteiger partial charge in [0.05, 0.1) is 9.38 Å². The maximum Gasteiger partial charge on any atom is 0.293 e. The molecule has 2 amide bonds. The second-order valence-electron chi connectivity index (χ2n) is 5.35. The number of rotatable bonds is 4. The van der Waals surface area contributed by atoms with Gasteiger partial charge in [-0.25, -0.2) is 0 Å². The maximum absolute atomic E-state index is 11.9. The summed E-state index contributed by atoms with van der Waals surface area (Å²) < 4.78 is 7.64. The Hall–Kier alpha value is -1.57. The topological polar surface area (TPSA) is 46.6 Å². The lowest BCUT2D eigenvalue weighted by molar-refractivity contribution is -0.121. The van der Waals surface area contributed by atoms with Gasteiger partial charge in [-0.2, -0.15) is 0 Å². The summed E-state index contributed by atoms with van der Waals surface area (Å²) in [6.45, 7) is 0.458. The normalized spacial score (nSPS) is 16.0. The predicted molar refractivity (Wildman–Crippen MR) is 106 cm³/mol. The summed E-state index contributed by atoms with van der Waals surface area (Å²) in [7, 11) is 1.48. The van der Waals surface area contributed by atoms with Crippen LogP contribution in [0.3, 0.4) is 0 Å². The van der Waals surface area contributed by atoms with Gasteiger partial charge in [-0.1, -0.05) is 34.1 Å². The van der Waals surface area contributed by atoms with Crippen LogP contribution >= 0.6 is 43.6 Å². The molecule has 0 saturated carbocycles. The molecule has 0 bridgehead atoms. The number of amides is 2. The van der Waals surface area contributed by atoms with Gasteiger partial charge in [0.25, 0.3) is 11.1 Å². The van der Waals surface area contributed by atoms with E-state index in [-0.39, 0.29) is 11.1 Å². The van der Waals surface area contributed by atoms with Crippen molar-refractivity contribution in [3.8, 4) is 5.75 Å². The molecule has 1 fully saturated rings. The lowest BCUT2D eigenvalue weighted by Crippen LogP contribution is -2.22. The molecule has 2 aromatic carbocycles. The van der Waals surface area contributed by atoms with Gasteiger partial charge in [-0.15, -0.1) is 0 Å². The number of carbonyl (C=O) groups is 2. The molecule has 0 aliphatic carbocycles. The monoisotopic (exact) mass is 481 g/mol. The number of hydrogen-bond acceptors (Lipinski definition) is 4. The summed E-state index contributed by atoms with van der Waals surface area (Å²) >= 11 is 7.84. The molecule has 0 N–H and O–H groups in total. The molecule has 2 aromatic rings. The number of likely N-dealkylation sites (N-methyl/N-ethyl adjacent to an activating group) is 1. The summed E-state index contributed by atoms with van der Waals surface area (Å²) in [5.74, 6) is 0.436. The fourth-order valence-corrected chi connectivity index (χ4v) is 3.77.